The van der Waals surface area contributed by atoms with Gasteiger partial charge in [0.1, 0.15) is 5.82 Å². The molecule has 0 fully saturated rings. The number of nitro benzene ring substituents is 1. The van der Waals surface area contributed by atoms with Gasteiger partial charge in [-0.1, -0.05) is 11.6 Å². The maximum absolute atomic E-state index is 13.3. The van der Waals surface area contributed by atoms with Crippen LogP contribution in [0.15, 0.2) is 36.4 Å². The zero-order valence-electron chi connectivity index (χ0n) is 10.3. The average Bonchev–Trinajstić information content (AvgIpc) is 2.40. The molecule has 6 nitrogen and oxygen atoms in total. The summed E-state index contributed by atoms with van der Waals surface area (Å²) in [5.41, 5.74) is -0.102. The number of benzene rings is 2. The van der Waals surface area contributed by atoms with Crippen molar-refractivity contribution >= 4 is 34.6 Å². The van der Waals surface area contributed by atoms with E-state index in [2.05, 4.69) is 5.32 Å². The standard InChI is InChI=1S/C13H8ClFN2O4/c14-12-2-1-8(6-11(12)13(18)19)16-9-3-7(15)4-10(5-9)17(20)21/h1-6,16H,(H,18,19). The van der Waals surface area contributed by atoms with Crippen LogP contribution in [0.4, 0.5) is 21.5 Å². The molecule has 0 amide bonds. The summed E-state index contributed by atoms with van der Waals surface area (Å²) in [4.78, 5) is 20.9. The quantitative estimate of drug-likeness (QED) is 0.661. The molecule has 0 aliphatic carbocycles. The fourth-order valence-electron chi connectivity index (χ4n) is 1.69. The van der Waals surface area contributed by atoms with Crippen molar-refractivity contribution < 1.29 is 19.2 Å². The number of aromatic carboxylic acids is 1. The number of nitro groups is 1. The Morgan fingerprint density at radius 3 is 2.57 bits per heavy atom. The molecule has 0 saturated carbocycles. The van der Waals surface area contributed by atoms with E-state index in [1.54, 1.807) is 0 Å². The van der Waals surface area contributed by atoms with Gasteiger partial charge in [0.2, 0.25) is 0 Å². The zero-order chi connectivity index (χ0) is 15.6. The van der Waals surface area contributed by atoms with Crippen molar-refractivity contribution in [3.05, 3.63) is 62.9 Å². The van der Waals surface area contributed by atoms with Crippen LogP contribution < -0.4 is 5.32 Å². The van der Waals surface area contributed by atoms with E-state index in [9.17, 15) is 19.3 Å². The molecule has 0 spiro atoms. The Labute approximate surface area is 122 Å². The molecule has 0 heterocycles. The molecule has 0 aliphatic heterocycles. The Balaban J connectivity index is 2.36. The highest BCUT2D eigenvalue weighted by molar-refractivity contribution is 6.33. The number of carboxylic acids is 1. The number of carboxylic acid groups (broad SMARTS) is 1. The van der Waals surface area contributed by atoms with Crippen LogP contribution in [0.25, 0.3) is 0 Å². The third-order valence-electron chi connectivity index (χ3n) is 2.58. The van der Waals surface area contributed by atoms with E-state index in [0.29, 0.717) is 5.69 Å². The van der Waals surface area contributed by atoms with Crippen molar-refractivity contribution in [3.63, 3.8) is 0 Å². The summed E-state index contributed by atoms with van der Waals surface area (Å²) in [7, 11) is 0. The molecule has 0 aromatic heterocycles. The lowest BCUT2D eigenvalue weighted by Gasteiger charge is -2.08. The van der Waals surface area contributed by atoms with Gasteiger partial charge in [-0.15, -0.1) is 0 Å². The van der Waals surface area contributed by atoms with Crippen molar-refractivity contribution in [2.45, 2.75) is 0 Å². The van der Waals surface area contributed by atoms with Gasteiger partial charge in [0.15, 0.2) is 0 Å². The Morgan fingerprint density at radius 2 is 1.95 bits per heavy atom. The van der Waals surface area contributed by atoms with E-state index in [1.807, 2.05) is 0 Å². The van der Waals surface area contributed by atoms with Crippen LogP contribution in [-0.4, -0.2) is 16.0 Å². The summed E-state index contributed by atoms with van der Waals surface area (Å²) in [5, 5.41) is 22.4. The summed E-state index contributed by atoms with van der Waals surface area (Å²) in [5.74, 6) is -1.99. The molecule has 2 aromatic rings. The minimum Gasteiger partial charge on any atom is -0.478 e. The zero-order valence-corrected chi connectivity index (χ0v) is 11.1. The minimum absolute atomic E-state index is 0.0540. The summed E-state index contributed by atoms with van der Waals surface area (Å²) >= 11 is 5.73. The first kappa shape index (κ1) is 14.7. The first-order valence-electron chi connectivity index (χ1n) is 5.61. The Hall–Kier alpha value is -2.67. The topological polar surface area (TPSA) is 92.5 Å². The molecular weight excluding hydrogens is 303 g/mol. The molecule has 0 unspecified atom stereocenters. The smallest absolute Gasteiger partial charge is 0.337 e. The van der Waals surface area contributed by atoms with E-state index in [0.717, 1.165) is 18.2 Å². The van der Waals surface area contributed by atoms with Gasteiger partial charge in [-0.2, -0.15) is 0 Å². The monoisotopic (exact) mass is 310 g/mol. The predicted octanol–water partition coefficient (Wildman–Crippen LogP) is 3.83. The molecule has 0 aliphatic rings. The van der Waals surface area contributed by atoms with Crippen LogP contribution in [0, 0.1) is 15.9 Å². The minimum atomic E-state index is -1.21. The second-order valence-corrected chi connectivity index (χ2v) is 4.49. The van der Waals surface area contributed by atoms with E-state index in [1.165, 1.54) is 18.2 Å². The number of non-ortho nitro benzene ring substituents is 1. The fourth-order valence-corrected chi connectivity index (χ4v) is 1.88. The van der Waals surface area contributed by atoms with E-state index in [-0.39, 0.29) is 16.3 Å². The number of halogens is 2. The number of hydrogen-bond donors (Lipinski definition) is 2. The number of carbonyl (C=O) groups is 1. The number of rotatable bonds is 4. The first-order chi connectivity index (χ1) is 9.86. The summed E-state index contributed by atoms with van der Waals surface area (Å²) in [6.45, 7) is 0. The normalized spacial score (nSPS) is 10.2. The van der Waals surface area contributed by atoms with Gasteiger partial charge in [-0.25, -0.2) is 9.18 Å². The Bertz CT molecular complexity index is 736. The molecule has 2 rings (SSSR count). The van der Waals surface area contributed by atoms with E-state index >= 15 is 0 Å². The van der Waals surface area contributed by atoms with Crippen LogP contribution in [-0.2, 0) is 0 Å². The summed E-state index contributed by atoms with van der Waals surface area (Å²) in [6.07, 6.45) is 0. The molecule has 21 heavy (non-hydrogen) atoms. The van der Waals surface area contributed by atoms with Crippen LogP contribution in [0.3, 0.4) is 0 Å². The average molecular weight is 311 g/mol. The molecule has 0 atom stereocenters. The molecule has 0 radical (unpaired) electrons. The summed E-state index contributed by atoms with van der Waals surface area (Å²) in [6, 6.07) is 7.07. The van der Waals surface area contributed by atoms with Crippen molar-refractivity contribution in [2.75, 3.05) is 5.32 Å². The van der Waals surface area contributed by atoms with E-state index < -0.39 is 22.4 Å². The molecule has 0 saturated heterocycles. The van der Waals surface area contributed by atoms with Gasteiger partial charge >= 0.3 is 5.97 Å². The third-order valence-corrected chi connectivity index (χ3v) is 2.91. The molecule has 2 N–H and O–H groups in total. The maximum Gasteiger partial charge on any atom is 0.337 e. The lowest BCUT2D eigenvalue weighted by atomic mass is 10.2. The van der Waals surface area contributed by atoms with Gasteiger partial charge in [0.25, 0.3) is 5.69 Å². The van der Waals surface area contributed by atoms with Crippen LogP contribution in [0.2, 0.25) is 5.02 Å². The SMILES string of the molecule is O=C(O)c1cc(Nc2cc(F)cc([N+](=O)[O-])c2)ccc1Cl. The van der Waals surface area contributed by atoms with Gasteiger partial charge in [-0.05, 0) is 24.3 Å². The molecule has 2 aromatic carbocycles. The van der Waals surface area contributed by atoms with Crippen molar-refractivity contribution in [2.24, 2.45) is 0 Å². The molecule has 8 heteroatoms. The second-order valence-electron chi connectivity index (χ2n) is 4.08. The number of hydrogen-bond acceptors (Lipinski definition) is 4. The Morgan fingerprint density at radius 1 is 1.24 bits per heavy atom. The molecular formula is C13H8ClFN2O4. The fraction of sp³-hybridized carbons (Fsp3) is 0. The predicted molar refractivity (Wildman–Crippen MR) is 74.7 cm³/mol. The van der Waals surface area contributed by atoms with Crippen molar-refractivity contribution in [1.82, 2.24) is 0 Å². The lowest BCUT2D eigenvalue weighted by molar-refractivity contribution is -0.385. The lowest BCUT2D eigenvalue weighted by Crippen LogP contribution is -2.00. The highest BCUT2D eigenvalue weighted by atomic mass is 35.5. The molecule has 108 valence electrons. The molecule has 0 bridgehead atoms. The van der Waals surface area contributed by atoms with Crippen LogP contribution in [0.1, 0.15) is 10.4 Å². The van der Waals surface area contributed by atoms with Gasteiger partial charge in [0.05, 0.1) is 21.6 Å². The highest BCUT2D eigenvalue weighted by Gasteiger charge is 2.12. The van der Waals surface area contributed by atoms with Crippen molar-refractivity contribution in [1.29, 1.82) is 0 Å². The third kappa shape index (κ3) is 3.46. The van der Waals surface area contributed by atoms with Gasteiger partial charge in [-0.3, -0.25) is 10.1 Å². The Kier molecular flexibility index (Phi) is 4.04. The summed E-state index contributed by atoms with van der Waals surface area (Å²) < 4.78 is 13.3. The highest BCUT2D eigenvalue weighted by Crippen LogP contribution is 2.26. The van der Waals surface area contributed by atoms with Crippen molar-refractivity contribution in [3.8, 4) is 0 Å². The van der Waals surface area contributed by atoms with Crippen LogP contribution >= 0.6 is 11.6 Å². The largest absolute Gasteiger partial charge is 0.478 e. The van der Waals surface area contributed by atoms with Crippen LogP contribution in [0.5, 0.6) is 0 Å². The number of nitrogens with zero attached hydrogens (tertiary/aromatic N) is 1. The van der Waals surface area contributed by atoms with Gasteiger partial charge in [0, 0.05) is 17.4 Å². The van der Waals surface area contributed by atoms with E-state index in [4.69, 9.17) is 16.7 Å². The maximum atomic E-state index is 13.3. The number of anilines is 2. The number of nitrogens with one attached hydrogen (secondary N) is 1. The first-order valence-corrected chi connectivity index (χ1v) is 5.99. The second kappa shape index (κ2) is 5.76. The van der Waals surface area contributed by atoms with Gasteiger partial charge < -0.3 is 10.4 Å².